The number of carbonyl (C=O) groups excluding carboxylic acids is 2. The first-order valence-corrected chi connectivity index (χ1v) is 11.4. The predicted molar refractivity (Wildman–Crippen MR) is 131 cm³/mol. The van der Waals surface area contributed by atoms with Crippen molar-refractivity contribution in [2.75, 3.05) is 24.7 Å². The number of nitrogens with two attached hydrogens (primary N) is 2. The van der Waals surface area contributed by atoms with E-state index in [-0.39, 0.29) is 36.1 Å². The Morgan fingerprint density at radius 1 is 0.882 bits per heavy atom. The van der Waals surface area contributed by atoms with Crippen LogP contribution >= 0.6 is 0 Å². The van der Waals surface area contributed by atoms with Crippen LogP contribution in [0.2, 0.25) is 0 Å². The highest BCUT2D eigenvalue weighted by atomic mass is 16.5. The number of nitrogen functional groups attached to an aromatic ring is 2. The summed E-state index contributed by atoms with van der Waals surface area (Å²) in [6.07, 6.45) is 3.15. The van der Waals surface area contributed by atoms with Crippen molar-refractivity contribution in [2.24, 2.45) is 0 Å². The molecule has 0 atom stereocenters. The molecular weight excluding hydrogens is 436 g/mol. The van der Waals surface area contributed by atoms with Crippen LogP contribution in [0.5, 0.6) is 0 Å². The molecule has 8 heteroatoms. The van der Waals surface area contributed by atoms with E-state index >= 15 is 0 Å². The standard InChI is InChI=1S/C26H28N2O6/c1-4-7-8-14-9-11-15(12-10-14)18-20-17(33-24(28)21(20)26(30)32-6-3)13-16-19(25(29)31-5-2)23(27)34-22(16)18/h9-13H,4-8,27-28H2,1-3H3. The van der Waals surface area contributed by atoms with Crippen molar-refractivity contribution in [1.82, 2.24) is 0 Å². The third-order valence-corrected chi connectivity index (χ3v) is 5.71. The molecule has 0 fully saturated rings. The summed E-state index contributed by atoms with van der Waals surface area (Å²) >= 11 is 0. The maximum absolute atomic E-state index is 12.8. The zero-order valence-corrected chi connectivity index (χ0v) is 19.5. The van der Waals surface area contributed by atoms with Gasteiger partial charge in [0, 0.05) is 16.3 Å². The van der Waals surface area contributed by atoms with Gasteiger partial charge in [0.1, 0.15) is 22.3 Å². The van der Waals surface area contributed by atoms with Crippen LogP contribution in [0.25, 0.3) is 33.1 Å². The molecular formula is C26H28N2O6. The van der Waals surface area contributed by atoms with E-state index in [2.05, 4.69) is 6.92 Å². The summed E-state index contributed by atoms with van der Waals surface area (Å²) in [5.41, 5.74) is 15.6. The lowest BCUT2D eigenvalue weighted by Gasteiger charge is -2.09. The van der Waals surface area contributed by atoms with Crippen molar-refractivity contribution in [1.29, 1.82) is 0 Å². The molecule has 0 saturated heterocycles. The number of furan rings is 2. The van der Waals surface area contributed by atoms with Gasteiger partial charge in [0.05, 0.1) is 13.2 Å². The van der Waals surface area contributed by atoms with E-state index in [1.807, 2.05) is 24.3 Å². The number of anilines is 2. The third-order valence-electron chi connectivity index (χ3n) is 5.71. The van der Waals surface area contributed by atoms with Gasteiger partial charge in [-0.05, 0) is 43.9 Å². The monoisotopic (exact) mass is 464 g/mol. The molecule has 0 radical (unpaired) electrons. The molecule has 8 nitrogen and oxygen atoms in total. The van der Waals surface area contributed by atoms with Gasteiger partial charge < -0.3 is 29.8 Å². The fraction of sp³-hybridized carbons (Fsp3) is 0.308. The average Bonchev–Trinajstić information content (AvgIpc) is 3.31. The van der Waals surface area contributed by atoms with Crippen LogP contribution in [0.3, 0.4) is 0 Å². The smallest absolute Gasteiger partial charge is 0.344 e. The average molecular weight is 465 g/mol. The Kier molecular flexibility index (Phi) is 6.49. The Morgan fingerprint density at radius 3 is 2.12 bits per heavy atom. The number of benzene rings is 2. The molecule has 0 saturated carbocycles. The molecule has 0 bridgehead atoms. The van der Waals surface area contributed by atoms with E-state index < -0.39 is 11.9 Å². The molecule has 2 aromatic heterocycles. The van der Waals surface area contributed by atoms with Crippen LogP contribution in [0.15, 0.2) is 39.2 Å². The second kappa shape index (κ2) is 9.51. The van der Waals surface area contributed by atoms with Gasteiger partial charge in [0.2, 0.25) is 11.8 Å². The number of carbonyl (C=O) groups is 2. The van der Waals surface area contributed by atoms with Crippen LogP contribution in [0.4, 0.5) is 11.8 Å². The largest absolute Gasteiger partial charge is 0.462 e. The summed E-state index contributed by atoms with van der Waals surface area (Å²) in [6, 6.07) is 9.54. The molecule has 0 spiro atoms. The van der Waals surface area contributed by atoms with Gasteiger partial charge >= 0.3 is 11.9 Å². The lowest BCUT2D eigenvalue weighted by Crippen LogP contribution is -2.07. The lowest BCUT2D eigenvalue weighted by molar-refractivity contribution is 0.0519. The minimum absolute atomic E-state index is 0.0763. The Balaban J connectivity index is 2.05. The maximum Gasteiger partial charge on any atom is 0.344 e. The van der Waals surface area contributed by atoms with Crippen molar-refractivity contribution in [3.63, 3.8) is 0 Å². The zero-order valence-electron chi connectivity index (χ0n) is 19.5. The molecule has 2 heterocycles. The first-order chi connectivity index (χ1) is 16.4. The van der Waals surface area contributed by atoms with Gasteiger partial charge in [0.15, 0.2) is 0 Å². The molecule has 4 rings (SSSR count). The van der Waals surface area contributed by atoms with E-state index in [9.17, 15) is 9.59 Å². The fourth-order valence-corrected chi connectivity index (χ4v) is 4.16. The second-order valence-corrected chi connectivity index (χ2v) is 7.93. The molecule has 0 aliphatic rings. The Hall–Kier alpha value is -3.94. The molecule has 34 heavy (non-hydrogen) atoms. The number of unbranched alkanes of at least 4 members (excludes halogenated alkanes) is 1. The summed E-state index contributed by atoms with van der Waals surface area (Å²) in [4.78, 5) is 25.4. The summed E-state index contributed by atoms with van der Waals surface area (Å²) in [5, 5.41) is 0.853. The topological polar surface area (TPSA) is 131 Å². The normalized spacial score (nSPS) is 11.3. The number of fused-ring (bicyclic) bond motifs is 2. The van der Waals surface area contributed by atoms with Gasteiger partial charge in [-0.2, -0.15) is 0 Å². The summed E-state index contributed by atoms with van der Waals surface area (Å²) in [6.45, 7) is 5.92. The van der Waals surface area contributed by atoms with Crippen molar-refractivity contribution >= 4 is 45.6 Å². The van der Waals surface area contributed by atoms with E-state index in [0.29, 0.717) is 27.5 Å². The van der Waals surface area contributed by atoms with Crippen LogP contribution in [-0.2, 0) is 15.9 Å². The second-order valence-electron chi connectivity index (χ2n) is 7.93. The first kappa shape index (κ1) is 23.2. The maximum atomic E-state index is 12.8. The SMILES string of the molecule is CCCCc1ccc(-c2c3oc(N)c(C(=O)OCC)c3cc3oc(N)c(C(=O)OCC)c23)cc1. The first-order valence-electron chi connectivity index (χ1n) is 11.4. The van der Waals surface area contributed by atoms with E-state index in [1.54, 1.807) is 19.9 Å². The van der Waals surface area contributed by atoms with Crippen LogP contribution < -0.4 is 11.5 Å². The highest BCUT2D eigenvalue weighted by Crippen LogP contribution is 2.45. The van der Waals surface area contributed by atoms with Gasteiger partial charge in [-0.15, -0.1) is 0 Å². The summed E-state index contributed by atoms with van der Waals surface area (Å²) in [5.74, 6) is -1.37. The number of aryl methyl sites for hydroxylation is 1. The zero-order chi connectivity index (χ0) is 24.4. The molecule has 4 N–H and O–H groups in total. The Morgan fingerprint density at radius 2 is 1.50 bits per heavy atom. The number of esters is 2. The predicted octanol–water partition coefficient (Wildman–Crippen LogP) is 5.71. The molecule has 0 aliphatic carbocycles. The van der Waals surface area contributed by atoms with Gasteiger partial charge in [-0.25, -0.2) is 9.59 Å². The van der Waals surface area contributed by atoms with Crippen molar-refractivity contribution in [3.05, 3.63) is 47.0 Å². The number of ether oxygens (including phenoxy) is 2. The van der Waals surface area contributed by atoms with Crippen LogP contribution in [0, 0.1) is 0 Å². The Bertz CT molecular complexity index is 1360. The van der Waals surface area contributed by atoms with E-state index in [0.717, 1.165) is 24.8 Å². The summed E-state index contributed by atoms with van der Waals surface area (Å²) in [7, 11) is 0. The van der Waals surface area contributed by atoms with Crippen LogP contribution in [0.1, 0.15) is 59.9 Å². The van der Waals surface area contributed by atoms with Crippen molar-refractivity contribution in [2.45, 2.75) is 40.0 Å². The number of hydrogen-bond acceptors (Lipinski definition) is 8. The number of rotatable bonds is 8. The third kappa shape index (κ3) is 3.96. The highest BCUT2D eigenvalue weighted by molar-refractivity contribution is 6.22. The molecule has 0 unspecified atom stereocenters. The van der Waals surface area contributed by atoms with Gasteiger partial charge in [0.25, 0.3) is 0 Å². The van der Waals surface area contributed by atoms with Crippen molar-refractivity contribution in [3.8, 4) is 11.1 Å². The molecule has 0 aliphatic heterocycles. The van der Waals surface area contributed by atoms with Crippen molar-refractivity contribution < 1.29 is 27.9 Å². The molecule has 4 aromatic rings. The fourth-order valence-electron chi connectivity index (χ4n) is 4.16. The van der Waals surface area contributed by atoms with E-state index in [1.165, 1.54) is 5.56 Å². The molecule has 178 valence electrons. The molecule has 0 amide bonds. The molecule has 2 aromatic carbocycles. The van der Waals surface area contributed by atoms with Crippen LogP contribution in [-0.4, -0.2) is 25.2 Å². The minimum atomic E-state index is -0.607. The highest BCUT2D eigenvalue weighted by Gasteiger charge is 2.30. The van der Waals surface area contributed by atoms with Gasteiger partial charge in [-0.3, -0.25) is 0 Å². The minimum Gasteiger partial charge on any atom is -0.462 e. The Labute approximate surface area is 196 Å². The van der Waals surface area contributed by atoms with Gasteiger partial charge in [-0.1, -0.05) is 37.6 Å². The number of hydrogen-bond donors (Lipinski definition) is 2. The van der Waals surface area contributed by atoms with E-state index in [4.69, 9.17) is 29.8 Å². The quantitative estimate of drug-likeness (QED) is 0.317. The summed E-state index contributed by atoms with van der Waals surface area (Å²) < 4.78 is 22.1. The lowest BCUT2D eigenvalue weighted by atomic mass is 9.94.